The average molecular weight is 250 g/mol. The van der Waals surface area contributed by atoms with Crippen molar-refractivity contribution in [2.45, 2.75) is 32.2 Å². The Bertz CT molecular complexity index is 202. The van der Waals surface area contributed by atoms with E-state index in [1.54, 1.807) is 0 Å². The van der Waals surface area contributed by atoms with Gasteiger partial charge in [-0.3, -0.25) is 9.69 Å². The Morgan fingerprint density at radius 3 is 2.88 bits per heavy atom. The van der Waals surface area contributed by atoms with Crippen LogP contribution in [0.2, 0.25) is 0 Å². The zero-order valence-corrected chi connectivity index (χ0v) is 11.1. The van der Waals surface area contributed by atoms with Crippen molar-refractivity contribution < 1.29 is 4.79 Å². The summed E-state index contributed by atoms with van der Waals surface area (Å²) >= 11 is 0. The van der Waals surface area contributed by atoms with E-state index in [9.17, 15) is 4.79 Å². The van der Waals surface area contributed by atoms with Gasteiger partial charge < -0.3 is 10.6 Å². The van der Waals surface area contributed by atoms with Gasteiger partial charge in [-0.1, -0.05) is 6.92 Å². The normalized spacial score (nSPS) is 20.5. The van der Waals surface area contributed by atoms with Crippen molar-refractivity contribution in [1.82, 2.24) is 15.5 Å². The van der Waals surface area contributed by atoms with Crippen LogP contribution in [0.3, 0.4) is 0 Å². The molecule has 0 aliphatic carbocycles. The maximum atomic E-state index is 11.5. The molecule has 0 spiro atoms. The number of amides is 1. The highest BCUT2D eigenvalue weighted by Crippen LogP contribution is 2.15. The van der Waals surface area contributed by atoms with Gasteiger partial charge in [0.2, 0.25) is 5.91 Å². The molecule has 16 heavy (non-hydrogen) atoms. The fourth-order valence-electron chi connectivity index (χ4n) is 2.07. The number of nitrogens with zero attached hydrogens (tertiary/aromatic N) is 1. The summed E-state index contributed by atoms with van der Waals surface area (Å²) in [5, 5.41) is 6.10. The zero-order valence-electron chi connectivity index (χ0n) is 10.3. The highest BCUT2D eigenvalue weighted by molar-refractivity contribution is 5.85. The lowest BCUT2D eigenvalue weighted by Crippen LogP contribution is -2.43. The van der Waals surface area contributed by atoms with Crippen LogP contribution in [0.25, 0.3) is 0 Å². The summed E-state index contributed by atoms with van der Waals surface area (Å²) in [5.41, 5.74) is 0. The standard InChI is InChI=1S/C11H23N3O.ClH/c1-3-6-13-11(15)9-14-7-4-5-10(14)8-12-2;/h10,12H,3-9H2,1-2H3,(H,13,15);1H. The lowest BCUT2D eigenvalue weighted by Gasteiger charge is -2.23. The lowest BCUT2D eigenvalue weighted by molar-refractivity contribution is -0.122. The molecule has 0 aromatic heterocycles. The maximum Gasteiger partial charge on any atom is 0.234 e. The highest BCUT2D eigenvalue weighted by Gasteiger charge is 2.25. The van der Waals surface area contributed by atoms with E-state index in [0.29, 0.717) is 12.6 Å². The molecule has 0 saturated carbocycles. The summed E-state index contributed by atoms with van der Waals surface area (Å²) in [5.74, 6) is 0.167. The molecule has 1 saturated heterocycles. The van der Waals surface area contributed by atoms with Gasteiger partial charge >= 0.3 is 0 Å². The van der Waals surface area contributed by atoms with Crippen molar-refractivity contribution in [1.29, 1.82) is 0 Å². The van der Waals surface area contributed by atoms with Crippen molar-refractivity contribution in [2.24, 2.45) is 0 Å². The maximum absolute atomic E-state index is 11.5. The number of halogens is 1. The second-order valence-corrected chi connectivity index (χ2v) is 4.17. The molecular weight excluding hydrogens is 226 g/mol. The molecule has 1 heterocycles. The molecule has 1 aliphatic rings. The number of hydrogen-bond donors (Lipinski definition) is 2. The van der Waals surface area contributed by atoms with Crippen LogP contribution < -0.4 is 10.6 Å². The van der Waals surface area contributed by atoms with Gasteiger partial charge in [-0.15, -0.1) is 12.4 Å². The van der Waals surface area contributed by atoms with Crippen LogP contribution in [-0.2, 0) is 4.79 Å². The molecular formula is C11H24ClN3O. The fraction of sp³-hybridized carbons (Fsp3) is 0.909. The van der Waals surface area contributed by atoms with Gasteiger partial charge in [-0.05, 0) is 32.9 Å². The van der Waals surface area contributed by atoms with E-state index in [0.717, 1.165) is 26.1 Å². The number of carbonyl (C=O) groups excluding carboxylic acids is 1. The van der Waals surface area contributed by atoms with Gasteiger partial charge in [-0.2, -0.15) is 0 Å². The SMILES string of the molecule is CCCNC(=O)CN1CCCC1CNC.Cl. The van der Waals surface area contributed by atoms with Crippen LogP contribution in [0.1, 0.15) is 26.2 Å². The molecule has 0 aromatic carbocycles. The van der Waals surface area contributed by atoms with Crippen LogP contribution in [0, 0.1) is 0 Å². The Hall–Kier alpha value is -0.320. The van der Waals surface area contributed by atoms with Gasteiger partial charge in [0.15, 0.2) is 0 Å². The van der Waals surface area contributed by atoms with Crippen LogP contribution in [0.5, 0.6) is 0 Å². The Morgan fingerprint density at radius 1 is 1.50 bits per heavy atom. The van der Waals surface area contributed by atoms with Gasteiger partial charge in [0.05, 0.1) is 6.54 Å². The second kappa shape index (κ2) is 8.79. The average Bonchev–Trinajstić information content (AvgIpc) is 2.63. The summed E-state index contributed by atoms with van der Waals surface area (Å²) in [6, 6.07) is 0.544. The largest absolute Gasteiger partial charge is 0.355 e. The highest BCUT2D eigenvalue weighted by atomic mass is 35.5. The number of likely N-dealkylation sites (N-methyl/N-ethyl adjacent to an activating group) is 1. The third-order valence-electron chi connectivity index (χ3n) is 2.86. The molecule has 1 atom stereocenters. The Labute approximate surface area is 105 Å². The van der Waals surface area contributed by atoms with Gasteiger partial charge in [0.25, 0.3) is 0 Å². The molecule has 1 unspecified atom stereocenters. The van der Waals surface area contributed by atoms with Crippen LogP contribution in [-0.4, -0.2) is 50.1 Å². The molecule has 2 N–H and O–H groups in total. The first-order chi connectivity index (χ1) is 7.27. The van der Waals surface area contributed by atoms with Crippen molar-refractivity contribution in [3.05, 3.63) is 0 Å². The second-order valence-electron chi connectivity index (χ2n) is 4.17. The van der Waals surface area contributed by atoms with Crippen molar-refractivity contribution in [2.75, 3.05) is 33.2 Å². The fourth-order valence-corrected chi connectivity index (χ4v) is 2.07. The van der Waals surface area contributed by atoms with E-state index in [1.807, 2.05) is 7.05 Å². The van der Waals surface area contributed by atoms with E-state index in [1.165, 1.54) is 12.8 Å². The summed E-state index contributed by atoms with van der Waals surface area (Å²) in [6.45, 7) is 5.47. The van der Waals surface area contributed by atoms with Crippen molar-refractivity contribution in [3.8, 4) is 0 Å². The monoisotopic (exact) mass is 249 g/mol. The first-order valence-corrected chi connectivity index (χ1v) is 5.93. The molecule has 0 aromatic rings. The number of likely N-dealkylation sites (tertiary alicyclic amines) is 1. The molecule has 1 amide bonds. The topological polar surface area (TPSA) is 44.4 Å². The van der Waals surface area contributed by atoms with Crippen molar-refractivity contribution in [3.63, 3.8) is 0 Å². The van der Waals surface area contributed by atoms with Gasteiger partial charge in [0.1, 0.15) is 0 Å². The van der Waals surface area contributed by atoms with Crippen LogP contribution >= 0.6 is 12.4 Å². The number of rotatable bonds is 6. The lowest BCUT2D eigenvalue weighted by atomic mass is 10.2. The third kappa shape index (κ3) is 5.14. The summed E-state index contributed by atoms with van der Waals surface area (Å²) in [7, 11) is 1.97. The quantitative estimate of drug-likeness (QED) is 0.726. The Balaban J connectivity index is 0.00000225. The van der Waals surface area contributed by atoms with E-state index in [-0.39, 0.29) is 18.3 Å². The molecule has 1 rings (SSSR count). The zero-order chi connectivity index (χ0) is 11.1. The van der Waals surface area contributed by atoms with E-state index >= 15 is 0 Å². The third-order valence-corrected chi connectivity index (χ3v) is 2.86. The molecule has 96 valence electrons. The van der Waals surface area contributed by atoms with E-state index in [4.69, 9.17) is 0 Å². The molecule has 0 radical (unpaired) electrons. The van der Waals surface area contributed by atoms with Crippen LogP contribution in [0.4, 0.5) is 0 Å². The Morgan fingerprint density at radius 2 is 2.25 bits per heavy atom. The summed E-state index contributed by atoms with van der Waals surface area (Å²) in [6.07, 6.45) is 3.43. The number of nitrogens with one attached hydrogen (secondary N) is 2. The molecule has 1 fully saturated rings. The van der Waals surface area contributed by atoms with Crippen molar-refractivity contribution >= 4 is 18.3 Å². The molecule has 0 bridgehead atoms. The number of hydrogen-bond acceptors (Lipinski definition) is 3. The van der Waals surface area contributed by atoms with Gasteiger partial charge in [0, 0.05) is 19.1 Å². The number of carbonyl (C=O) groups is 1. The molecule has 1 aliphatic heterocycles. The van der Waals surface area contributed by atoms with Crippen LogP contribution in [0.15, 0.2) is 0 Å². The molecule has 5 heteroatoms. The van der Waals surface area contributed by atoms with E-state index < -0.39 is 0 Å². The minimum atomic E-state index is 0. The van der Waals surface area contributed by atoms with Gasteiger partial charge in [-0.25, -0.2) is 0 Å². The summed E-state index contributed by atoms with van der Waals surface area (Å²) < 4.78 is 0. The minimum Gasteiger partial charge on any atom is -0.355 e. The summed E-state index contributed by atoms with van der Waals surface area (Å²) in [4.78, 5) is 13.8. The predicted octanol–water partition coefficient (Wildman–Crippen LogP) is 0.618. The first kappa shape index (κ1) is 15.7. The predicted molar refractivity (Wildman–Crippen MR) is 69.1 cm³/mol. The van der Waals surface area contributed by atoms with E-state index in [2.05, 4.69) is 22.5 Å². The smallest absolute Gasteiger partial charge is 0.234 e. The molecule has 4 nitrogen and oxygen atoms in total. The first-order valence-electron chi connectivity index (χ1n) is 5.93. The Kier molecular flexibility index (Phi) is 8.61. The minimum absolute atomic E-state index is 0.